The number of nitrogens with zero attached hydrogens (tertiary/aromatic N) is 4. The van der Waals surface area contributed by atoms with Gasteiger partial charge in [-0.3, -0.25) is 14.7 Å². The van der Waals surface area contributed by atoms with Gasteiger partial charge in [-0.1, -0.05) is 29.0 Å². The summed E-state index contributed by atoms with van der Waals surface area (Å²) in [6, 6.07) is 17.3. The van der Waals surface area contributed by atoms with Crippen LogP contribution in [0.25, 0.3) is 10.2 Å². The summed E-state index contributed by atoms with van der Waals surface area (Å²) < 4.78 is 33.9. The van der Waals surface area contributed by atoms with Crippen molar-refractivity contribution in [3.63, 3.8) is 0 Å². The average molecular weight is 557 g/mol. The van der Waals surface area contributed by atoms with Gasteiger partial charge in [0.05, 0.1) is 34.5 Å². The van der Waals surface area contributed by atoms with Gasteiger partial charge in [-0.25, -0.2) is 13.4 Å². The number of rotatable bonds is 7. The second kappa shape index (κ2) is 10.7. The summed E-state index contributed by atoms with van der Waals surface area (Å²) in [5.74, 6) is 0.307. The predicted octanol–water partition coefficient (Wildman–Crippen LogP) is 4.99. The molecular formula is C26H25ClN4O4S2. The molecule has 4 aromatic rings. The number of fused-ring (bicyclic) bond motifs is 1. The van der Waals surface area contributed by atoms with Crippen molar-refractivity contribution in [1.29, 1.82) is 0 Å². The maximum absolute atomic E-state index is 13.8. The van der Waals surface area contributed by atoms with Crippen molar-refractivity contribution in [3.8, 4) is 5.75 Å². The van der Waals surface area contributed by atoms with E-state index in [2.05, 4.69) is 4.98 Å². The molecule has 0 N–H and O–H groups in total. The molecule has 0 aliphatic carbocycles. The normalized spacial score (nSPS) is 15.1. The van der Waals surface area contributed by atoms with E-state index < -0.39 is 10.0 Å². The molecule has 2 aromatic heterocycles. The quantitative estimate of drug-likeness (QED) is 0.318. The van der Waals surface area contributed by atoms with Crippen LogP contribution in [0.5, 0.6) is 5.75 Å². The summed E-state index contributed by atoms with van der Waals surface area (Å²) in [4.78, 5) is 24.8. The summed E-state index contributed by atoms with van der Waals surface area (Å²) >= 11 is 7.33. The van der Waals surface area contributed by atoms with Gasteiger partial charge in [-0.15, -0.1) is 0 Å². The number of carbonyl (C=O) groups is 1. The van der Waals surface area contributed by atoms with Crippen LogP contribution in [0.15, 0.2) is 71.8 Å². The van der Waals surface area contributed by atoms with Gasteiger partial charge >= 0.3 is 0 Å². The number of methoxy groups -OCH3 is 1. The van der Waals surface area contributed by atoms with Crippen molar-refractivity contribution >= 4 is 54.2 Å². The highest BCUT2D eigenvalue weighted by Gasteiger charge is 2.35. The van der Waals surface area contributed by atoms with E-state index in [1.54, 1.807) is 30.3 Å². The van der Waals surface area contributed by atoms with Crippen LogP contribution >= 0.6 is 22.9 Å². The van der Waals surface area contributed by atoms with Crippen LogP contribution in [0.3, 0.4) is 0 Å². The first-order valence-electron chi connectivity index (χ1n) is 11.8. The number of anilines is 1. The number of aromatic nitrogens is 2. The zero-order valence-electron chi connectivity index (χ0n) is 20.1. The second-order valence-electron chi connectivity index (χ2n) is 8.71. The lowest BCUT2D eigenvalue weighted by atomic mass is 9.96. The van der Waals surface area contributed by atoms with Gasteiger partial charge in [0.25, 0.3) is 0 Å². The number of benzene rings is 2. The molecule has 37 heavy (non-hydrogen) atoms. The van der Waals surface area contributed by atoms with Crippen molar-refractivity contribution in [2.75, 3.05) is 25.1 Å². The largest absolute Gasteiger partial charge is 0.497 e. The molecule has 0 bridgehead atoms. The molecule has 8 nitrogen and oxygen atoms in total. The first-order chi connectivity index (χ1) is 17.8. The molecule has 0 radical (unpaired) electrons. The molecule has 1 aliphatic rings. The molecule has 1 aliphatic heterocycles. The fraction of sp³-hybridized carbons (Fsp3) is 0.269. The van der Waals surface area contributed by atoms with Crippen molar-refractivity contribution in [2.24, 2.45) is 5.92 Å². The monoisotopic (exact) mass is 556 g/mol. The van der Waals surface area contributed by atoms with Crippen LogP contribution in [0.1, 0.15) is 18.5 Å². The Labute approximate surface area is 224 Å². The number of halogens is 1. The Balaban J connectivity index is 1.37. The van der Waals surface area contributed by atoms with Gasteiger partial charge in [-0.2, -0.15) is 4.31 Å². The van der Waals surface area contributed by atoms with E-state index in [9.17, 15) is 13.2 Å². The highest BCUT2D eigenvalue weighted by Crippen LogP contribution is 2.34. The number of sulfonamides is 1. The van der Waals surface area contributed by atoms with Crippen LogP contribution in [-0.4, -0.2) is 48.8 Å². The average Bonchev–Trinajstić information content (AvgIpc) is 3.35. The molecule has 0 unspecified atom stereocenters. The maximum atomic E-state index is 13.8. The van der Waals surface area contributed by atoms with Gasteiger partial charge in [0.15, 0.2) is 5.13 Å². The van der Waals surface area contributed by atoms with E-state index >= 15 is 0 Å². The molecule has 2 aromatic carbocycles. The Bertz CT molecular complexity index is 1500. The van der Waals surface area contributed by atoms with E-state index in [1.807, 2.05) is 36.4 Å². The number of ether oxygens (including phenoxy) is 1. The molecule has 192 valence electrons. The van der Waals surface area contributed by atoms with Gasteiger partial charge in [0.2, 0.25) is 15.9 Å². The number of thiazole rings is 1. The molecule has 0 atom stereocenters. The Hall–Kier alpha value is -3.05. The van der Waals surface area contributed by atoms with E-state index in [4.69, 9.17) is 21.3 Å². The van der Waals surface area contributed by atoms with Crippen molar-refractivity contribution in [2.45, 2.75) is 24.3 Å². The Morgan fingerprint density at radius 3 is 2.57 bits per heavy atom. The van der Waals surface area contributed by atoms with Gasteiger partial charge < -0.3 is 4.74 Å². The summed E-state index contributed by atoms with van der Waals surface area (Å²) in [5.41, 5.74) is 1.53. The standard InChI is InChI=1S/C26H25ClN4O4S2/c1-35-21-7-10-23-24(16-21)36-26(29-23)31(17-20-4-2-3-13-28-20)25(32)18-11-14-30(15-12-18)37(33,34)22-8-5-19(27)6-9-22/h2-10,13,16,18H,11-12,14-15,17H2,1H3. The molecule has 1 amide bonds. The van der Waals surface area contributed by atoms with Crippen LogP contribution < -0.4 is 9.64 Å². The SMILES string of the molecule is COc1ccc2nc(N(Cc3ccccn3)C(=O)C3CCN(S(=O)(=O)c4ccc(Cl)cc4)CC3)sc2c1. The lowest BCUT2D eigenvalue weighted by Crippen LogP contribution is -2.44. The third kappa shape index (κ3) is 5.47. The third-order valence-electron chi connectivity index (χ3n) is 6.38. The summed E-state index contributed by atoms with van der Waals surface area (Å²) in [5, 5.41) is 1.06. The summed E-state index contributed by atoms with van der Waals surface area (Å²) in [6.07, 6.45) is 2.54. The number of hydrogen-bond donors (Lipinski definition) is 0. The molecule has 0 spiro atoms. The number of amides is 1. The maximum Gasteiger partial charge on any atom is 0.243 e. The smallest absolute Gasteiger partial charge is 0.243 e. The lowest BCUT2D eigenvalue weighted by Gasteiger charge is -2.33. The topological polar surface area (TPSA) is 92.7 Å². The molecule has 0 saturated carbocycles. The van der Waals surface area contributed by atoms with E-state index in [-0.39, 0.29) is 36.4 Å². The predicted molar refractivity (Wildman–Crippen MR) is 145 cm³/mol. The number of pyridine rings is 1. The molecule has 1 saturated heterocycles. The van der Waals surface area contributed by atoms with Crippen LogP contribution in [0.4, 0.5) is 5.13 Å². The van der Waals surface area contributed by atoms with E-state index in [0.29, 0.717) is 23.0 Å². The third-order valence-corrected chi connectivity index (χ3v) is 9.59. The van der Waals surface area contributed by atoms with Crippen LogP contribution in [0.2, 0.25) is 5.02 Å². The minimum Gasteiger partial charge on any atom is -0.497 e. The molecular weight excluding hydrogens is 532 g/mol. The minimum absolute atomic E-state index is 0.0831. The first-order valence-corrected chi connectivity index (χ1v) is 14.4. The minimum atomic E-state index is -3.66. The van der Waals surface area contributed by atoms with Gasteiger partial charge in [-0.05, 0) is 67.4 Å². The summed E-state index contributed by atoms with van der Waals surface area (Å²) in [6.45, 7) is 0.797. The molecule has 11 heteroatoms. The fourth-order valence-electron chi connectivity index (χ4n) is 4.35. The number of hydrogen-bond acceptors (Lipinski definition) is 7. The van der Waals surface area contributed by atoms with Crippen LogP contribution in [0, 0.1) is 5.92 Å². The summed E-state index contributed by atoms with van der Waals surface area (Å²) in [7, 11) is -2.04. The fourth-order valence-corrected chi connectivity index (χ4v) is 6.94. The molecule has 3 heterocycles. The number of piperidine rings is 1. The molecule has 1 fully saturated rings. The Morgan fingerprint density at radius 1 is 1.14 bits per heavy atom. The second-order valence-corrected chi connectivity index (χ2v) is 12.1. The van der Waals surface area contributed by atoms with E-state index in [1.165, 1.54) is 27.8 Å². The number of carbonyl (C=O) groups excluding carboxylic acids is 1. The highest BCUT2D eigenvalue weighted by molar-refractivity contribution is 7.89. The highest BCUT2D eigenvalue weighted by atomic mass is 35.5. The van der Waals surface area contributed by atoms with Crippen molar-refractivity contribution in [1.82, 2.24) is 14.3 Å². The molecule has 5 rings (SSSR count). The van der Waals surface area contributed by atoms with E-state index in [0.717, 1.165) is 21.7 Å². The zero-order valence-corrected chi connectivity index (χ0v) is 22.5. The Kier molecular flexibility index (Phi) is 7.43. The first kappa shape index (κ1) is 25.6. The van der Waals surface area contributed by atoms with Crippen molar-refractivity contribution < 1.29 is 17.9 Å². The Morgan fingerprint density at radius 2 is 1.89 bits per heavy atom. The van der Waals surface area contributed by atoms with Crippen molar-refractivity contribution in [3.05, 3.63) is 77.6 Å². The van der Waals surface area contributed by atoms with Gasteiger partial charge in [0.1, 0.15) is 5.75 Å². The zero-order chi connectivity index (χ0) is 26.0. The lowest BCUT2D eigenvalue weighted by molar-refractivity contribution is -0.123. The van der Waals surface area contributed by atoms with Crippen LogP contribution in [-0.2, 0) is 21.4 Å². The van der Waals surface area contributed by atoms with Gasteiger partial charge in [0, 0.05) is 30.2 Å².